The van der Waals surface area contributed by atoms with Gasteiger partial charge in [-0.1, -0.05) is 13.8 Å². The SMILES string of the molecule is CC(C)C(NS(=O)(=O)c1ccc2c(c1)oc1ccc(-n3ccc(C(F)(F)F)n3)cc12)C(=O)O. The van der Waals surface area contributed by atoms with E-state index in [1.165, 1.54) is 30.5 Å². The Hall–Kier alpha value is -3.38. The van der Waals surface area contributed by atoms with Crippen molar-refractivity contribution in [1.82, 2.24) is 14.5 Å². The average molecular weight is 481 g/mol. The van der Waals surface area contributed by atoms with E-state index in [0.29, 0.717) is 22.0 Å². The van der Waals surface area contributed by atoms with Gasteiger partial charge in [-0.15, -0.1) is 0 Å². The maximum Gasteiger partial charge on any atom is 0.435 e. The standard InChI is InChI=1S/C21H18F3N3O5S/c1-11(2)19(20(28)29)26-33(30,31)13-4-5-14-15-9-12(3-6-16(15)32-17(14)10-13)27-8-7-18(25-27)21(22,23)24/h3-11,19,26H,1-2H3,(H,28,29). The van der Waals surface area contributed by atoms with E-state index in [1.54, 1.807) is 26.0 Å². The van der Waals surface area contributed by atoms with Crippen LogP contribution in [0.3, 0.4) is 0 Å². The molecule has 0 aliphatic carbocycles. The summed E-state index contributed by atoms with van der Waals surface area (Å²) in [6.45, 7) is 3.16. The molecular formula is C21H18F3N3O5S. The summed E-state index contributed by atoms with van der Waals surface area (Å²) in [6.07, 6.45) is -3.38. The Bertz CT molecular complexity index is 1470. The monoisotopic (exact) mass is 481 g/mol. The fraction of sp³-hybridized carbons (Fsp3) is 0.238. The van der Waals surface area contributed by atoms with E-state index < -0.39 is 39.8 Å². The van der Waals surface area contributed by atoms with E-state index in [0.717, 1.165) is 10.7 Å². The highest BCUT2D eigenvalue weighted by Gasteiger charge is 2.33. The highest BCUT2D eigenvalue weighted by molar-refractivity contribution is 7.89. The molecule has 0 amide bonds. The van der Waals surface area contributed by atoms with Crippen molar-refractivity contribution in [3.63, 3.8) is 0 Å². The molecule has 4 aromatic rings. The zero-order valence-corrected chi connectivity index (χ0v) is 18.1. The molecule has 174 valence electrons. The Balaban J connectivity index is 1.73. The first-order valence-electron chi connectivity index (χ1n) is 9.71. The molecule has 2 N–H and O–H groups in total. The Labute approximate surface area is 185 Å². The first-order chi connectivity index (χ1) is 15.4. The van der Waals surface area contributed by atoms with Crippen LogP contribution in [-0.2, 0) is 21.0 Å². The minimum atomic E-state index is -4.57. The van der Waals surface area contributed by atoms with Crippen LogP contribution in [-0.4, -0.2) is 35.3 Å². The number of rotatable bonds is 6. The molecule has 8 nitrogen and oxygen atoms in total. The van der Waals surface area contributed by atoms with Gasteiger partial charge in [0.1, 0.15) is 17.2 Å². The highest BCUT2D eigenvalue weighted by Crippen LogP contribution is 2.33. The number of hydrogen-bond acceptors (Lipinski definition) is 5. The normalized spacial score (nSPS) is 13.8. The molecule has 2 aromatic carbocycles. The predicted octanol–water partition coefficient (Wildman–Crippen LogP) is 4.18. The second kappa shape index (κ2) is 7.89. The first-order valence-corrected chi connectivity index (χ1v) is 11.2. The number of carboxylic acid groups (broad SMARTS) is 1. The molecule has 0 saturated heterocycles. The number of hydrogen-bond donors (Lipinski definition) is 2. The Morgan fingerprint density at radius 2 is 1.82 bits per heavy atom. The second-order valence-electron chi connectivity index (χ2n) is 7.77. The number of nitrogens with zero attached hydrogens (tertiary/aromatic N) is 2. The number of carboxylic acids is 1. The molecule has 2 aromatic heterocycles. The number of aromatic nitrogens is 2. The van der Waals surface area contributed by atoms with Gasteiger partial charge in [0, 0.05) is 23.0 Å². The zero-order chi connectivity index (χ0) is 24.1. The lowest BCUT2D eigenvalue weighted by Gasteiger charge is -2.17. The number of nitrogens with one attached hydrogen (secondary N) is 1. The highest BCUT2D eigenvalue weighted by atomic mass is 32.2. The number of alkyl halides is 3. The number of sulfonamides is 1. The lowest BCUT2D eigenvalue weighted by atomic mass is 10.1. The third kappa shape index (κ3) is 4.31. The minimum Gasteiger partial charge on any atom is -0.480 e. The molecule has 0 spiro atoms. The summed E-state index contributed by atoms with van der Waals surface area (Å²) in [6, 6.07) is 8.29. The summed E-state index contributed by atoms with van der Waals surface area (Å²) >= 11 is 0. The zero-order valence-electron chi connectivity index (χ0n) is 17.3. The van der Waals surface area contributed by atoms with Crippen molar-refractivity contribution in [3.05, 3.63) is 54.4 Å². The minimum absolute atomic E-state index is 0.178. The van der Waals surface area contributed by atoms with Gasteiger partial charge in [-0.05, 0) is 42.3 Å². The smallest absolute Gasteiger partial charge is 0.435 e. The van der Waals surface area contributed by atoms with Gasteiger partial charge in [-0.3, -0.25) is 4.79 Å². The molecule has 0 saturated carbocycles. The molecule has 0 aliphatic rings. The number of fused-ring (bicyclic) bond motifs is 3. The topological polar surface area (TPSA) is 114 Å². The molecule has 33 heavy (non-hydrogen) atoms. The van der Waals surface area contributed by atoms with E-state index in [-0.39, 0.29) is 10.5 Å². The number of benzene rings is 2. The summed E-state index contributed by atoms with van der Waals surface area (Å²) in [5.41, 5.74) is -0.0497. The van der Waals surface area contributed by atoms with Gasteiger partial charge >= 0.3 is 12.1 Å². The Morgan fingerprint density at radius 3 is 2.42 bits per heavy atom. The van der Waals surface area contributed by atoms with Crippen LogP contribution in [0.15, 0.2) is 58.0 Å². The van der Waals surface area contributed by atoms with E-state index >= 15 is 0 Å². The Kier molecular flexibility index (Phi) is 5.45. The van der Waals surface area contributed by atoms with Gasteiger partial charge in [-0.2, -0.15) is 23.0 Å². The fourth-order valence-electron chi connectivity index (χ4n) is 3.38. The predicted molar refractivity (Wildman–Crippen MR) is 112 cm³/mol. The molecule has 0 aliphatic heterocycles. The summed E-state index contributed by atoms with van der Waals surface area (Å²) in [4.78, 5) is 11.2. The van der Waals surface area contributed by atoms with Gasteiger partial charge in [0.15, 0.2) is 5.69 Å². The molecular weight excluding hydrogens is 463 g/mol. The van der Waals surface area contributed by atoms with E-state index in [2.05, 4.69) is 9.82 Å². The van der Waals surface area contributed by atoms with Crippen molar-refractivity contribution < 1.29 is 35.9 Å². The van der Waals surface area contributed by atoms with E-state index in [1.807, 2.05) is 0 Å². The summed E-state index contributed by atoms with van der Waals surface area (Å²) in [5, 5.41) is 13.9. The maximum absolute atomic E-state index is 12.9. The van der Waals surface area contributed by atoms with Crippen molar-refractivity contribution in [2.24, 2.45) is 5.92 Å². The Morgan fingerprint density at radius 1 is 1.09 bits per heavy atom. The molecule has 12 heteroatoms. The third-order valence-corrected chi connectivity index (χ3v) is 6.53. The summed E-state index contributed by atoms with van der Waals surface area (Å²) in [5.74, 6) is -1.77. The summed E-state index contributed by atoms with van der Waals surface area (Å²) in [7, 11) is -4.15. The molecule has 1 atom stereocenters. The molecule has 0 radical (unpaired) electrons. The van der Waals surface area contributed by atoms with Gasteiger partial charge in [-0.25, -0.2) is 13.1 Å². The van der Waals surface area contributed by atoms with Crippen LogP contribution in [0, 0.1) is 5.92 Å². The molecule has 4 rings (SSSR count). The number of furan rings is 1. The summed E-state index contributed by atoms with van der Waals surface area (Å²) < 4.78 is 73.0. The van der Waals surface area contributed by atoms with E-state index in [4.69, 9.17) is 4.42 Å². The second-order valence-corrected chi connectivity index (χ2v) is 9.48. The van der Waals surface area contributed by atoms with Crippen LogP contribution in [0.5, 0.6) is 0 Å². The molecule has 1 unspecified atom stereocenters. The van der Waals surface area contributed by atoms with Gasteiger partial charge in [0.2, 0.25) is 10.0 Å². The average Bonchev–Trinajstić information content (AvgIpc) is 3.35. The van der Waals surface area contributed by atoms with Gasteiger partial charge < -0.3 is 9.52 Å². The fourth-order valence-corrected chi connectivity index (χ4v) is 4.73. The lowest BCUT2D eigenvalue weighted by Crippen LogP contribution is -2.44. The van der Waals surface area contributed by atoms with Crippen LogP contribution < -0.4 is 4.72 Å². The van der Waals surface area contributed by atoms with Crippen molar-refractivity contribution in [1.29, 1.82) is 0 Å². The van der Waals surface area contributed by atoms with Crippen molar-refractivity contribution in [2.75, 3.05) is 0 Å². The van der Waals surface area contributed by atoms with Crippen LogP contribution >= 0.6 is 0 Å². The van der Waals surface area contributed by atoms with Crippen molar-refractivity contribution in [2.45, 2.75) is 31.0 Å². The largest absolute Gasteiger partial charge is 0.480 e. The number of halogens is 3. The van der Waals surface area contributed by atoms with E-state index in [9.17, 15) is 31.5 Å². The van der Waals surface area contributed by atoms with Gasteiger partial charge in [0.05, 0.1) is 10.6 Å². The number of aliphatic carboxylic acids is 1. The molecule has 0 fully saturated rings. The van der Waals surface area contributed by atoms with Crippen molar-refractivity contribution >= 4 is 37.9 Å². The first kappa shape index (κ1) is 22.8. The molecule has 0 bridgehead atoms. The lowest BCUT2D eigenvalue weighted by molar-refractivity contribution is -0.141. The van der Waals surface area contributed by atoms with Crippen molar-refractivity contribution in [3.8, 4) is 5.69 Å². The van der Waals surface area contributed by atoms with Crippen LogP contribution in [0.4, 0.5) is 13.2 Å². The van der Waals surface area contributed by atoms with Crippen LogP contribution in [0.2, 0.25) is 0 Å². The molecule has 2 heterocycles. The quantitative estimate of drug-likeness (QED) is 0.427. The van der Waals surface area contributed by atoms with Crippen LogP contribution in [0.25, 0.3) is 27.6 Å². The number of carbonyl (C=O) groups is 1. The third-order valence-electron chi connectivity index (χ3n) is 5.10. The van der Waals surface area contributed by atoms with Gasteiger partial charge in [0.25, 0.3) is 0 Å². The maximum atomic E-state index is 12.9. The van der Waals surface area contributed by atoms with Crippen LogP contribution in [0.1, 0.15) is 19.5 Å².